The van der Waals surface area contributed by atoms with Crippen molar-refractivity contribution in [1.29, 1.82) is 0 Å². The first-order valence-corrected chi connectivity index (χ1v) is 11.1. The molecule has 4 rings (SSSR count). The average Bonchev–Trinajstić information content (AvgIpc) is 3.14. The number of hydrogen-bond acceptors (Lipinski definition) is 4. The lowest BCUT2D eigenvalue weighted by atomic mass is 10.0. The molecule has 30 heavy (non-hydrogen) atoms. The van der Waals surface area contributed by atoms with E-state index >= 15 is 0 Å². The van der Waals surface area contributed by atoms with E-state index in [0.717, 1.165) is 25.7 Å². The topological polar surface area (TPSA) is 15.6 Å². The number of aliphatic imine (C=N–C) groups is 1. The smallest absolute Gasteiger partial charge is 0.319 e. The van der Waals surface area contributed by atoms with Gasteiger partial charge >= 0.3 is 7.40 Å². The van der Waals surface area contributed by atoms with Crippen molar-refractivity contribution in [3.05, 3.63) is 95.0 Å². The van der Waals surface area contributed by atoms with Crippen molar-refractivity contribution in [3.63, 3.8) is 0 Å². The highest BCUT2D eigenvalue weighted by molar-refractivity contribution is 8.15. The Kier molecular flexibility index (Phi) is 6.30. The number of halogens is 2. The zero-order valence-electron chi connectivity index (χ0n) is 16.5. The van der Waals surface area contributed by atoms with Crippen LogP contribution in [-0.2, 0) is 0 Å². The molecule has 0 bridgehead atoms. The lowest BCUT2D eigenvalue weighted by molar-refractivity contribution is 0.655. The maximum atomic E-state index is 14.2. The number of anilines is 1. The van der Waals surface area contributed by atoms with Crippen LogP contribution in [0, 0.1) is 6.92 Å². The van der Waals surface area contributed by atoms with Crippen LogP contribution >= 0.6 is 23.5 Å². The van der Waals surface area contributed by atoms with Crippen LogP contribution in [0.2, 0.25) is 0 Å². The van der Waals surface area contributed by atoms with Gasteiger partial charge in [0.15, 0.2) is 0 Å². The molecule has 2 nitrogen and oxygen atoms in total. The zero-order valence-corrected chi connectivity index (χ0v) is 18.2. The predicted octanol–water partition coefficient (Wildman–Crippen LogP) is 7.02. The van der Waals surface area contributed by atoms with Crippen LogP contribution in [-0.4, -0.2) is 19.5 Å². The van der Waals surface area contributed by atoms with Crippen molar-refractivity contribution in [2.75, 3.05) is 11.9 Å². The molecule has 0 saturated heterocycles. The monoisotopic (exact) mass is 436 g/mol. The SMILES string of the molecule is CN=C(Sc1ccccc1C)/C(=C1/Sc2ccccc2N1B(F)F)c1ccccc1. The van der Waals surface area contributed by atoms with Gasteiger partial charge in [0.05, 0.1) is 5.03 Å². The fraction of sp³-hybridized carbons (Fsp3) is 0.0870. The summed E-state index contributed by atoms with van der Waals surface area (Å²) in [7, 11) is -0.944. The molecule has 0 unspecified atom stereocenters. The van der Waals surface area contributed by atoms with Gasteiger partial charge in [-0.25, -0.2) is 0 Å². The number of nitrogens with zero attached hydrogens (tertiary/aromatic N) is 2. The number of hydrogen-bond donors (Lipinski definition) is 0. The van der Waals surface area contributed by atoms with E-state index in [4.69, 9.17) is 0 Å². The lowest BCUT2D eigenvalue weighted by Gasteiger charge is -2.22. The van der Waals surface area contributed by atoms with Crippen LogP contribution in [0.25, 0.3) is 5.57 Å². The van der Waals surface area contributed by atoms with E-state index in [1.807, 2.05) is 73.7 Å². The van der Waals surface area contributed by atoms with Gasteiger partial charge in [-0.1, -0.05) is 84.2 Å². The van der Waals surface area contributed by atoms with Crippen LogP contribution in [0.15, 0.2) is 98.7 Å². The van der Waals surface area contributed by atoms with Crippen LogP contribution < -0.4 is 4.81 Å². The largest absolute Gasteiger partial charge is 0.678 e. The second-order valence-corrected chi connectivity index (χ2v) is 8.72. The van der Waals surface area contributed by atoms with Gasteiger partial charge in [-0.3, -0.25) is 13.6 Å². The second kappa shape index (κ2) is 9.10. The molecule has 0 saturated carbocycles. The molecule has 0 atom stereocenters. The fourth-order valence-corrected chi connectivity index (χ4v) is 5.57. The Balaban J connectivity index is 1.90. The number of rotatable bonds is 4. The summed E-state index contributed by atoms with van der Waals surface area (Å²) < 4.78 is 28.5. The maximum Gasteiger partial charge on any atom is 0.678 e. The molecule has 1 heterocycles. The summed E-state index contributed by atoms with van der Waals surface area (Å²) in [5.41, 5.74) is 3.22. The Morgan fingerprint density at radius 1 is 0.933 bits per heavy atom. The van der Waals surface area contributed by atoms with Crippen LogP contribution in [0.3, 0.4) is 0 Å². The van der Waals surface area contributed by atoms with Gasteiger partial charge in [-0.2, -0.15) is 0 Å². The molecule has 7 heteroatoms. The maximum absolute atomic E-state index is 14.2. The number of thioether (sulfide) groups is 2. The standard InChI is InChI=1S/C23H19BF2N2S2/c1-16-10-6-8-14-19(16)29-22(27-2)21(17-11-4-3-5-12-17)23-28(24(25)26)18-13-7-9-15-20(18)30-23/h3-15H,1-2H3/b23-21+,27-22?. The highest BCUT2D eigenvalue weighted by Crippen LogP contribution is 2.50. The summed E-state index contributed by atoms with van der Waals surface area (Å²) in [6, 6.07) is 24.9. The Hall–Kier alpha value is -2.51. The average molecular weight is 436 g/mol. The first-order chi connectivity index (χ1) is 14.6. The van der Waals surface area contributed by atoms with Gasteiger partial charge in [0.25, 0.3) is 0 Å². The van der Waals surface area contributed by atoms with Crippen LogP contribution in [0.5, 0.6) is 0 Å². The summed E-state index contributed by atoms with van der Waals surface area (Å²) >= 11 is 2.87. The Labute approximate surface area is 184 Å². The number of aryl methyl sites for hydroxylation is 1. The molecule has 0 amide bonds. The van der Waals surface area contributed by atoms with Crippen LogP contribution in [0.1, 0.15) is 11.1 Å². The molecule has 1 aliphatic heterocycles. The summed E-state index contributed by atoms with van der Waals surface area (Å²) in [5.74, 6) is 0. The molecular weight excluding hydrogens is 417 g/mol. The van der Waals surface area contributed by atoms with Gasteiger partial charge in [0.1, 0.15) is 5.04 Å². The van der Waals surface area contributed by atoms with Crippen molar-refractivity contribution in [1.82, 2.24) is 0 Å². The number of benzene rings is 3. The van der Waals surface area contributed by atoms with Crippen molar-refractivity contribution in [2.24, 2.45) is 4.99 Å². The predicted molar refractivity (Wildman–Crippen MR) is 127 cm³/mol. The minimum atomic E-state index is -2.66. The third kappa shape index (κ3) is 4.05. The van der Waals surface area contributed by atoms with E-state index in [9.17, 15) is 8.63 Å². The van der Waals surface area contributed by atoms with E-state index in [2.05, 4.69) is 4.99 Å². The molecule has 0 fully saturated rings. The highest BCUT2D eigenvalue weighted by atomic mass is 32.2. The quantitative estimate of drug-likeness (QED) is 0.189. The van der Waals surface area contributed by atoms with Gasteiger partial charge in [0, 0.05) is 28.1 Å². The number of para-hydroxylation sites is 1. The summed E-state index contributed by atoms with van der Waals surface area (Å²) in [6.07, 6.45) is 0. The molecule has 0 radical (unpaired) electrons. The van der Waals surface area contributed by atoms with Gasteiger partial charge < -0.3 is 4.81 Å². The summed E-state index contributed by atoms with van der Waals surface area (Å²) in [5, 5.41) is 1.20. The van der Waals surface area contributed by atoms with E-state index in [0.29, 0.717) is 21.3 Å². The minimum absolute atomic E-state index is 0.499. The van der Waals surface area contributed by atoms with Gasteiger partial charge in [-0.05, 0) is 36.2 Å². The molecule has 0 aromatic heterocycles. The highest BCUT2D eigenvalue weighted by Gasteiger charge is 2.39. The normalized spacial score (nSPS) is 15.2. The molecule has 3 aromatic carbocycles. The summed E-state index contributed by atoms with van der Waals surface area (Å²) in [6.45, 7) is 2.04. The second-order valence-electron chi connectivity index (χ2n) is 6.66. The molecule has 0 aliphatic carbocycles. The van der Waals surface area contributed by atoms with Crippen molar-refractivity contribution >= 4 is 47.2 Å². The molecule has 0 N–H and O–H groups in total. The third-order valence-corrected chi connectivity index (χ3v) is 7.16. The van der Waals surface area contributed by atoms with Crippen LogP contribution in [0.4, 0.5) is 14.3 Å². The molecule has 3 aromatic rings. The third-order valence-electron chi connectivity index (χ3n) is 4.74. The van der Waals surface area contributed by atoms with Crippen molar-refractivity contribution < 1.29 is 8.63 Å². The van der Waals surface area contributed by atoms with E-state index in [-0.39, 0.29) is 0 Å². The van der Waals surface area contributed by atoms with E-state index in [1.165, 1.54) is 23.5 Å². The van der Waals surface area contributed by atoms with Crippen molar-refractivity contribution in [3.8, 4) is 0 Å². The van der Waals surface area contributed by atoms with E-state index < -0.39 is 7.40 Å². The Morgan fingerprint density at radius 2 is 1.60 bits per heavy atom. The minimum Gasteiger partial charge on any atom is -0.319 e. The first kappa shape index (κ1) is 20.8. The number of fused-ring (bicyclic) bond motifs is 1. The molecule has 1 aliphatic rings. The summed E-state index contributed by atoms with van der Waals surface area (Å²) in [4.78, 5) is 7.53. The Bertz CT molecular complexity index is 1120. The fourth-order valence-electron chi connectivity index (χ4n) is 3.30. The van der Waals surface area contributed by atoms with Gasteiger partial charge in [0.2, 0.25) is 0 Å². The molecular formula is C23H19BF2N2S2. The lowest BCUT2D eigenvalue weighted by Crippen LogP contribution is -2.30. The Morgan fingerprint density at radius 3 is 2.30 bits per heavy atom. The first-order valence-electron chi connectivity index (χ1n) is 9.44. The van der Waals surface area contributed by atoms with Crippen molar-refractivity contribution in [2.45, 2.75) is 16.7 Å². The molecule has 150 valence electrons. The van der Waals surface area contributed by atoms with Gasteiger partial charge in [-0.15, -0.1) is 0 Å². The zero-order chi connectivity index (χ0) is 21.1. The molecule has 0 spiro atoms. The van der Waals surface area contributed by atoms with E-state index in [1.54, 1.807) is 19.2 Å².